The third-order valence-corrected chi connectivity index (χ3v) is 5.05. The fourth-order valence-electron chi connectivity index (χ4n) is 3.60. The Bertz CT molecular complexity index is 1330. The summed E-state index contributed by atoms with van der Waals surface area (Å²) >= 11 is 0. The number of hydrogen-bond donors (Lipinski definition) is 2. The molecule has 0 spiro atoms. The number of fused-ring (bicyclic) bond motifs is 1. The summed E-state index contributed by atoms with van der Waals surface area (Å²) in [6, 6.07) is 2.77. The quantitative estimate of drug-likeness (QED) is 0.519. The van der Waals surface area contributed by atoms with Crippen molar-refractivity contribution in [3.63, 3.8) is 0 Å². The number of hydrogen-bond acceptors (Lipinski definition) is 5. The second-order valence-electron chi connectivity index (χ2n) is 7.18. The van der Waals surface area contributed by atoms with Crippen LogP contribution < -0.4 is 5.56 Å². The van der Waals surface area contributed by atoms with Crippen molar-refractivity contribution in [2.45, 2.75) is 18.9 Å². The molecule has 1 saturated carbocycles. The predicted molar refractivity (Wildman–Crippen MR) is 99.5 cm³/mol. The number of benzene rings is 1. The molecule has 5 rings (SSSR count). The molecule has 1 atom stereocenters. The van der Waals surface area contributed by atoms with Gasteiger partial charge < -0.3 is 5.11 Å². The highest BCUT2D eigenvalue weighted by Crippen LogP contribution is 2.44. The van der Waals surface area contributed by atoms with Gasteiger partial charge in [-0.1, -0.05) is 0 Å². The molecule has 1 aliphatic rings. The number of nitrogens with one attached hydrogen (secondary N) is 1. The van der Waals surface area contributed by atoms with Crippen LogP contribution in [0.4, 0.5) is 8.78 Å². The Kier molecular flexibility index (Phi) is 3.98. The van der Waals surface area contributed by atoms with Crippen molar-refractivity contribution in [2.75, 3.05) is 0 Å². The molecule has 1 aromatic carbocycles. The summed E-state index contributed by atoms with van der Waals surface area (Å²) in [6.07, 6.45) is 5.44. The molecule has 3 aromatic heterocycles. The lowest BCUT2D eigenvalue weighted by Gasteiger charge is -2.18. The Balaban J connectivity index is 1.63. The normalized spacial score (nSPS) is 14.9. The fourth-order valence-corrected chi connectivity index (χ4v) is 3.60. The molecule has 4 aromatic rings. The Morgan fingerprint density at radius 2 is 1.90 bits per heavy atom. The van der Waals surface area contributed by atoms with Crippen LogP contribution in [0.3, 0.4) is 0 Å². The fraction of sp³-hybridized carbons (Fsp3) is 0.211. The number of aromatic nitrogens is 6. The Labute approximate surface area is 166 Å². The molecule has 3 heterocycles. The van der Waals surface area contributed by atoms with Gasteiger partial charge in [0.25, 0.3) is 5.56 Å². The van der Waals surface area contributed by atoms with Crippen LogP contribution in [0.2, 0.25) is 0 Å². The second-order valence-corrected chi connectivity index (χ2v) is 7.18. The number of halogens is 2. The van der Waals surface area contributed by atoms with Crippen molar-refractivity contribution < 1.29 is 18.7 Å². The monoisotopic (exact) mass is 412 g/mol. The van der Waals surface area contributed by atoms with Gasteiger partial charge in [0, 0.05) is 12.3 Å². The molecule has 0 radical (unpaired) electrons. The van der Waals surface area contributed by atoms with Gasteiger partial charge in [-0.2, -0.15) is 10.2 Å². The first-order valence-corrected chi connectivity index (χ1v) is 9.12. The first kappa shape index (κ1) is 18.2. The van der Waals surface area contributed by atoms with Gasteiger partial charge in [0.2, 0.25) is 5.95 Å². The summed E-state index contributed by atoms with van der Waals surface area (Å²) in [7, 11) is 0. The van der Waals surface area contributed by atoms with Crippen molar-refractivity contribution in [3.05, 3.63) is 69.9 Å². The minimum atomic E-state index is -1.16. The van der Waals surface area contributed by atoms with Gasteiger partial charge in [0.05, 0.1) is 24.0 Å². The number of aromatic amines is 1. The summed E-state index contributed by atoms with van der Waals surface area (Å²) in [5.74, 6) is -2.44. The van der Waals surface area contributed by atoms with E-state index in [4.69, 9.17) is 5.11 Å². The highest BCUT2D eigenvalue weighted by Gasteiger charge is 2.36. The maximum absolute atomic E-state index is 13.8. The molecular formula is C19H14F2N6O3. The van der Waals surface area contributed by atoms with E-state index in [9.17, 15) is 18.4 Å². The summed E-state index contributed by atoms with van der Waals surface area (Å²) < 4.78 is 30.2. The van der Waals surface area contributed by atoms with Crippen LogP contribution in [0.25, 0.3) is 17.0 Å². The zero-order valence-corrected chi connectivity index (χ0v) is 15.3. The molecule has 2 N–H and O–H groups in total. The SMILES string of the molecule is O=C(O)c1cnn(-c2nc3cnn(C(c4cc(F)cc(F)c4)C4CC4)c3c(=O)[nH]2)c1. The molecule has 152 valence electrons. The van der Waals surface area contributed by atoms with Crippen molar-refractivity contribution in [1.29, 1.82) is 0 Å². The first-order valence-electron chi connectivity index (χ1n) is 9.12. The standard InChI is InChI=1S/C19H14F2N6O3/c20-12-3-10(4-13(21)5-12)15(9-1-2-9)27-16-14(7-23-27)24-19(25-17(16)28)26-8-11(6-22-26)18(29)30/h3-9,15H,1-2H2,(H,29,30)(H,24,25,28). The Morgan fingerprint density at radius 1 is 1.17 bits per heavy atom. The van der Waals surface area contributed by atoms with Gasteiger partial charge in [-0.3, -0.25) is 9.78 Å². The topological polar surface area (TPSA) is 119 Å². The molecule has 0 amide bonds. The third-order valence-electron chi connectivity index (χ3n) is 5.05. The maximum Gasteiger partial charge on any atom is 0.338 e. The molecule has 30 heavy (non-hydrogen) atoms. The van der Waals surface area contributed by atoms with Gasteiger partial charge in [-0.05, 0) is 36.5 Å². The number of carbonyl (C=O) groups is 1. The summed E-state index contributed by atoms with van der Waals surface area (Å²) in [4.78, 5) is 30.8. The highest BCUT2D eigenvalue weighted by molar-refractivity contribution is 5.87. The van der Waals surface area contributed by atoms with Gasteiger partial charge in [-0.15, -0.1) is 0 Å². The van der Waals surface area contributed by atoms with Gasteiger partial charge in [0.1, 0.15) is 17.2 Å². The van der Waals surface area contributed by atoms with E-state index in [-0.39, 0.29) is 28.5 Å². The lowest BCUT2D eigenvalue weighted by Crippen LogP contribution is -2.21. The van der Waals surface area contributed by atoms with Crippen LogP contribution in [0.5, 0.6) is 0 Å². The van der Waals surface area contributed by atoms with Gasteiger partial charge in [0.15, 0.2) is 5.52 Å². The van der Waals surface area contributed by atoms with Crippen molar-refractivity contribution >= 4 is 17.0 Å². The smallest absolute Gasteiger partial charge is 0.338 e. The Hall–Kier alpha value is -3.89. The number of H-pyrrole nitrogens is 1. The lowest BCUT2D eigenvalue weighted by atomic mass is 10.0. The van der Waals surface area contributed by atoms with E-state index in [2.05, 4.69) is 20.2 Å². The molecule has 0 bridgehead atoms. The molecular weight excluding hydrogens is 398 g/mol. The molecule has 0 aliphatic heterocycles. The molecule has 1 unspecified atom stereocenters. The van der Waals surface area contributed by atoms with E-state index < -0.39 is 29.2 Å². The van der Waals surface area contributed by atoms with Gasteiger partial charge in [-0.25, -0.2) is 27.9 Å². The van der Waals surface area contributed by atoms with E-state index in [1.165, 1.54) is 29.2 Å². The average molecular weight is 412 g/mol. The lowest BCUT2D eigenvalue weighted by molar-refractivity contribution is 0.0697. The van der Waals surface area contributed by atoms with E-state index in [1.54, 1.807) is 0 Å². The minimum absolute atomic E-state index is 0.0271. The van der Waals surface area contributed by atoms with Crippen LogP contribution >= 0.6 is 0 Å². The predicted octanol–water partition coefficient (Wildman–Crippen LogP) is 2.28. The number of rotatable bonds is 5. The number of nitrogens with zero attached hydrogens (tertiary/aromatic N) is 5. The number of aromatic carboxylic acids is 1. The van der Waals surface area contributed by atoms with Crippen LogP contribution in [0.1, 0.15) is 34.8 Å². The van der Waals surface area contributed by atoms with Crippen molar-refractivity contribution in [2.24, 2.45) is 5.92 Å². The van der Waals surface area contributed by atoms with Crippen LogP contribution in [0.15, 0.2) is 41.6 Å². The van der Waals surface area contributed by atoms with E-state index in [1.807, 2.05) is 0 Å². The largest absolute Gasteiger partial charge is 0.478 e. The van der Waals surface area contributed by atoms with E-state index in [0.29, 0.717) is 5.56 Å². The van der Waals surface area contributed by atoms with E-state index >= 15 is 0 Å². The molecule has 1 aliphatic carbocycles. The molecule has 9 nitrogen and oxygen atoms in total. The van der Waals surface area contributed by atoms with Crippen LogP contribution in [-0.2, 0) is 0 Å². The zero-order chi connectivity index (χ0) is 21.0. The second kappa shape index (κ2) is 6.58. The summed E-state index contributed by atoms with van der Waals surface area (Å²) in [5.41, 5.74) is 0.217. The summed E-state index contributed by atoms with van der Waals surface area (Å²) in [5, 5.41) is 17.2. The molecule has 0 saturated heterocycles. The number of carboxylic acid groups (broad SMARTS) is 1. The van der Waals surface area contributed by atoms with Gasteiger partial charge >= 0.3 is 5.97 Å². The highest BCUT2D eigenvalue weighted by atomic mass is 19.1. The average Bonchev–Trinajstić information content (AvgIpc) is 3.22. The van der Waals surface area contributed by atoms with Crippen molar-refractivity contribution in [1.82, 2.24) is 29.5 Å². The molecule has 1 fully saturated rings. The third kappa shape index (κ3) is 3.04. The Morgan fingerprint density at radius 3 is 2.53 bits per heavy atom. The number of carboxylic acids is 1. The molecule has 11 heteroatoms. The summed E-state index contributed by atoms with van der Waals surface area (Å²) in [6.45, 7) is 0. The zero-order valence-electron chi connectivity index (χ0n) is 15.3. The van der Waals surface area contributed by atoms with Crippen molar-refractivity contribution in [3.8, 4) is 5.95 Å². The maximum atomic E-state index is 13.8. The minimum Gasteiger partial charge on any atom is -0.478 e. The first-order chi connectivity index (χ1) is 14.4. The van der Waals surface area contributed by atoms with Crippen LogP contribution in [0, 0.1) is 17.6 Å². The van der Waals surface area contributed by atoms with Crippen LogP contribution in [-0.4, -0.2) is 40.6 Å². The van der Waals surface area contributed by atoms with E-state index in [0.717, 1.165) is 29.8 Å².